The minimum absolute atomic E-state index is 0.00873. The molecule has 0 aliphatic rings. The molecule has 0 saturated carbocycles. The van der Waals surface area contributed by atoms with Crippen molar-refractivity contribution in [3.63, 3.8) is 0 Å². The molecule has 1 radical (unpaired) electrons. The topological polar surface area (TPSA) is 42.0 Å². The number of hydrogen-bond donors (Lipinski definition) is 1. The number of carbonyl (C=O) groups is 1. The molecule has 0 spiro atoms. The van der Waals surface area contributed by atoms with Gasteiger partial charge >= 0.3 is 0 Å². The summed E-state index contributed by atoms with van der Waals surface area (Å²) in [5.41, 5.74) is 3.16. The van der Waals surface area contributed by atoms with Gasteiger partial charge in [0.25, 0.3) is 0 Å². The monoisotopic (exact) mass is 281 g/mol. The van der Waals surface area contributed by atoms with Crippen LogP contribution in [0.3, 0.4) is 0 Å². The Kier molecular flexibility index (Phi) is 5.09. The molecule has 1 N–H and O–H groups in total. The lowest BCUT2D eigenvalue weighted by molar-refractivity contribution is -0.121. The van der Waals surface area contributed by atoms with E-state index in [-0.39, 0.29) is 11.9 Å². The molecule has 0 saturated heterocycles. The van der Waals surface area contributed by atoms with Crippen molar-refractivity contribution in [3.05, 3.63) is 65.5 Å². The maximum Gasteiger partial charge on any atom is 0.224 e. The first kappa shape index (κ1) is 15.2. The number of benzene rings is 1. The average molecular weight is 281 g/mol. The van der Waals surface area contributed by atoms with Crippen LogP contribution in [-0.4, -0.2) is 10.9 Å². The molecule has 0 bridgehead atoms. The Morgan fingerprint density at radius 2 is 1.90 bits per heavy atom. The third-order valence-corrected chi connectivity index (χ3v) is 3.47. The molecule has 1 aromatic heterocycles. The van der Waals surface area contributed by atoms with E-state index in [2.05, 4.69) is 42.3 Å². The summed E-state index contributed by atoms with van der Waals surface area (Å²) < 4.78 is 0. The molecule has 0 aliphatic carbocycles. The number of nitrogens with one attached hydrogen (secondary N) is 1. The molecule has 109 valence electrons. The van der Waals surface area contributed by atoms with E-state index < -0.39 is 0 Å². The van der Waals surface area contributed by atoms with Crippen LogP contribution < -0.4 is 5.32 Å². The molecule has 3 nitrogen and oxygen atoms in total. The van der Waals surface area contributed by atoms with Crippen molar-refractivity contribution in [2.24, 2.45) is 0 Å². The Hall–Kier alpha value is -2.16. The van der Waals surface area contributed by atoms with Gasteiger partial charge in [0.15, 0.2) is 0 Å². The lowest BCUT2D eigenvalue weighted by atomic mass is 10.0. The Labute approximate surface area is 126 Å². The minimum Gasteiger partial charge on any atom is -0.348 e. The van der Waals surface area contributed by atoms with Gasteiger partial charge in [-0.05, 0) is 30.0 Å². The Morgan fingerprint density at radius 3 is 2.48 bits per heavy atom. The van der Waals surface area contributed by atoms with Crippen LogP contribution in [0, 0.1) is 6.07 Å². The lowest BCUT2D eigenvalue weighted by Crippen LogP contribution is -2.28. The molecule has 0 aliphatic heterocycles. The maximum absolute atomic E-state index is 12.1. The third-order valence-electron chi connectivity index (χ3n) is 3.47. The fourth-order valence-corrected chi connectivity index (χ4v) is 2.16. The van der Waals surface area contributed by atoms with E-state index in [1.807, 2.05) is 25.1 Å². The summed E-state index contributed by atoms with van der Waals surface area (Å²) in [5, 5.41) is 2.97. The van der Waals surface area contributed by atoms with Gasteiger partial charge in [0, 0.05) is 12.3 Å². The lowest BCUT2D eigenvalue weighted by Gasteiger charge is -2.13. The van der Waals surface area contributed by atoms with Crippen molar-refractivity contribution < 1.29 is 4.79 Å². The van der Waals surface area contributed by atoms with Crippen LogP contribution in [0.2, 0.25) is 0 Å². The van der Waals surface area contributed by atoms with E-state index in [0.717, 1.165) is 11.3 Å². The summed E-state index contributed by atoms with van der Waals surface area (Å²) in [7, 11) is 0. The van der Waals surface area contributed by atoms with Crippen LogP contribution in [0.15, 0.2) is 42.6 Å². The first-order valence-corrected chi connectivity index (χ1v) is 7.26. The maximum atomic E-state index is 12.1. The van der Waals surface area contributed by atoms with E-state index in [1.54, 1.807) is 12.3 Å². The van der Waals surface area contributed by atoms with Gasteiger partial charge < -0.3 is 5.32 Å². The number of nitrogens with zero attached hydrogens (tertiary/aromatic N) is 1. The molecule has 1 aromatic carbocycles. The number of aromatic nitrogens is 1. The fraction of sp³-hybridized carbons (Fsp3) is 0.333. The highest BCUT2D eigenvalue weighted by atomic mass is 16.1. The summed E-state index contributed by atoms with van der Waals surface area (Å²) in [4.78, 5) is 16.3. The summed E-state index contributed by atoms with van der Waals surface area (Å²) in [6, 6.07) is 14.7. The molecule has 0 fully saturated rings. The predicted molar refractivity (Wildman–Crippen MR) is 83.9 cm³/mol. The van der Waals surface area contributed by atoms with Gasteiger partial charge in [-0.25, -0.2) is 0 Å². The van der Waals surface area contributed by atoms with Crippen LogP contribution in [0.4, 0.5) is 0 Å². The van der Waals surface area contributed by atoms with Crippen molar-refractivity contribution >= 4 is 5.91 Å². The second kappa shape index (κ2) is 7.02. The summed E-state index contributed by atoms with van der Waals surface area (Å²) in [6.07, 6.45) is 2.00. The van der Waals surface area contributed by atoms with E-state index >= 15 is 0 Å². The second-order valence-corrected chi connectivity index (χ2v) is 5.55. The predicted octanol–water partition coefficient (Wildman–Crippen LogP) is 3.43. The molecule has 1 atom stereocenters. The molecule has 2 aromatic rings. The number of rotatable bonds is 5. The standard InChI is InChI=1S/C18H21N2O/c1-13(2)16-9-7-15(8-10-16)12-18(21)20-14(3)17-6-4-5-11-19-17/h4,6-11,13-14H,12H2,1-3H3,(H,20,21)/t14-/m1/s1. The van der Waals surface area contributed by atoms with Gasteiger partial charge in [-0.15, -0.1) is 0 Å². The van der Waals surface area contributed by atoms with Crippen LogP contribution in [0.25, 0.3) is 0 Å². The van der Waals surface area contributed by atoms with E-state index in [0.29, 0.717) is 12.3 Å². The Morgan fingerprint density at radius 1 is 1.19 bits per heavy atom. The summed E-state index contributed by atoms with van der Waals surface area (Å²) in [6.45, 7) is 6.25. The molecule has 3 heteroatoms. The zero-order valence-electron chi connectivity index (χ0n) is 12.8. The average Bonchev–Trinajstić information content (AvgIpc) is 2.48. The van der Waals surface area contributed by atoms with Gasteiger partial charge in [-0.3, -0.25) is 9.78 Å². The largest absolute Gasteiger partial charge is 0.348 e. The molecule has 1 heterocycles. The molecular weight excluding hydrogens is 260 g/mol. The molecule has 21 heavy (non-hydrogen) atoms. The van der Waals surface area contributed by atoms with Gasteiger partial charge in [0.1, 0.15) is 0 Å². The zero-order valence-corrected chi connectivity index (χ0v) is 12.8. The molecule has 0 unspecified atom stereocenters. The van der Waals surface area contributed by atoms with Gasteiger partial charge in [-0.1, -0.05) is 44.2 Å². The van der Waals surface area contributed by atoms with E-state index in [1.165, 1.54) is 5.56 Å². The normalized spacial score (nSPS) is 12.2. The zero-order chi connectivity index (χ0) is 15.2. The first-order valence-electron chi connectivity index (χ1n) is 7.26. The number of pyridine rings is 1. The highest BCUT2D eigenvalue weighted by Gasteiger charge is 2.11. The van der Waals surface area contributed by atoms with Crippen molar-refractivity contribution in [3.8, 4) is 0 Å². The highest BCUT2D eigenvalue weighted by Crippen LogP contribution is 2.15. The van der Waals surface area contributed by atoms with Crippen molar-refractivity contribution in [2.75, 3.05) is 0 Å². The van der Waals surface area contributed by atoms with Gasteiger partial charge in [0.05, 0.1) is 18.2 Å². The minimum atomic E-state index is -0.0953. The molecular formula is C18H21N2O. The quantitative estimate of drug-likeness (QED) is 0.912. The first-order chi connectivity index (χ1) is 10.1. The van der Waals surface area contributed by atoms with Crippen LogP contribution in [-0.2, 0) is 11.2 Å². The van der Waals surface area contributed by atoms with Gasteiger partial charge in [0.2, 0.25) is 5.91 Å². The number of carbonyl (C=O) groups excluding carboxylic acids is 1. The van der Waals surface area contributed by atoms with Crippen molar-refractivity contribution in [2.45, 2.75) is 39.2 Å². The third kappa shape index (κ3) is 4.42. The fourth-order valence-electron chi connectivity index (χ4n) is 2.16. The van der Waals surface area contributed by atoms with Crippen LogP contribution in [0.5, 0.6) is 0 Å². The molecule has 1 amide bonds. The van der Waals surface area contributed by atoms with Gasteiger partial charge in [-0.2, -0.15) is 0 Å². The Balaban J connectivity index is 1.92. The van der Waals surface area contributed by atoms with E-state index in [9.17, 15) is 4.79 Å². The SMILES string of the molecule is CC(C)c1ccc(CC(=O)N[C@H](C)c2cc[c]cn2)cc1. The van der Waals surface area contributed by atoms with Crippen molar-refractivity contribution in [1.82, 2.24) is 10.3 Å². The van der Waals surface area contributed by atoms with Crippen LogP contribution in [0.1, 0.15) is 49.6 Å². The second-order valence-electron chi connectivity index (χ2n) is 5.55. The molecule has 2 rings (SSSR count). The summed E-state index contributed by atoms with van der Waals surface area (Å²) >= 11 is 0. The van der Waals surface area contributed by atoms with Crippen molar-refractivity contribution in [1.29, 1.82) is 0 Å². The number of hydrogen-bond acceptors (Lipinski definition) is 2. The smallest absolute Gasteiger partial charge is 0.224 e. The Bertz CT molecular complexity index is 576. The number of amides is 1. The highest BCUT2D eigenvalue weighted by molar-refractivity contribution is 5.78. The summed E-state index contributed by atoms with van der Waals surface area (Å²) in [5.74, 6) is 0.517. The van der Waals surface area contributed by atoms with E-state index in [4.69, 9.17) is 0 Å². The van der Waals surface area contributed by atoms with Crippen LogP contribution >= 0.6 is 0 Å².